The highest BCUT2D eigenvalue weighted by Gasteiger charge is 2.58. The highest BCUT2D eigenvalue weighted by Crippen LogP contribution is 2.46. The van der Waals surface area contributed by atoms with E-state index in [1.807, 2.05) is 0 Å². The summed E-state index contributed by atoms with van der Waals surface area (Å²) in [4.78, 5) is 20.4. The van der Waals surface area contributed by atoms with Crippen molar-refractivity contribution in [3.8, 4) is 0 Å². The Bertz CT molecular complexity index is 1360. The first kappa shape index (κ1) is 21.4. The monoisotopic (exact) mass is 446 g/mol. The molecule has 6 N–H and O–H groups in total. The maximum atomic E-state index is 14.2. The zero-order valence-corrected chi connectivity index (χ0v) is 16.2. The molecule has 2 heterocycles. The van der Waals surface area contributed by atoms with Crippen molar-refractivity contribution in [2.75, 3.05) is 0 Å². The third-order valence-electron chi connectivity index (χ3n) is 5.12. The van der Waals surface area contributed by atoms with Crippen LogP contribution in [0.4, 0.5) is 28.9 Å². The Labute approximate surface area is 177 Å². The van der Waals surface area contributed by atoms with E-state index in [0.29, 0.717) is 11.4 Å². The van der Waals surface area contributed by atoms with E-state index in [2.05, 4.69) is 15.0 Å². The maximum Gasteiger partial charge on any atom is 0.425 e. The Morgan fingerprint density at radius 1 is 1.09 bits per heavy atom. The number of fused-ring (bicyclic) bond motifs is 1. The lowest BCUT2D eigenvalue weighted by atomic mass is 9.85. The molecule has 0 saturated carbocycles. The van der Waals surface area contributed by atoms with Crippen LogP contribution in [0.25, 0.3) is 11.0 Å². The lowest BCUT2D eigenvalue weighted by molar-refractivity contribution is -0.478. The minimum atomic E-state index is -5.17. The van der Waals surface area contributed by atoms with Gasteiger partial charge in [0, 0.05) is 36.2 Å². The van der Waals surface area contributed by atoms with Gasteiger partial charge in [-0.25, -0.2) is 9.37 Å². The van der Waals surface area contributed by atoms with Crippen molar-refractivity contribution in [3.63, 3.8) is 0 Å². The number of aliphatic hydroxyl groups is 1. The van der Waals surface area contributed by atoms with Gasteiger partial charge in [-0.15, -0.1) is 0 Å². The number of nitrogens with zero attached hydrogens (tertiary/aromatic N) is 1. The Kier molecular flexibility index (Phi) is 5.15. The zero-order valence-electron chi connectivity index (χ0n) is 16.2. The number of hydrogen-bond acceptors (Lipinski definition) is 4. The normalized spacial score (nSPS) is 13.8. The summed E-state index contributed by atoms with van der Waals surface area (Å²) in [5, 5.41) is 20.2. The summed E-state index contributed by atoms with van der Waals surface area (Å²) in [5.74, 6) is -0.439. The molecule has 164 valence electrons. The quantitative estimate of drug-likeness (QED) is 0.184. The van der Waals surface area contributed by atoms with Crippen LogP contribution in [0.15, 0.2) is 59.8 Å². The third kappa shape index (κ3) is 3.47. The second kappa shape index (κ2) is 7.70. The van der Waals surface area contributed by atoms with E-state index in [1.165, 1.54) is 30.3 Å². The van der Waals surface area contributed by atoms with E-state index in [1.54, 1.807) is 5.32 Å². The van der Waals surface area contributed by atoms with E-state index in [-0.39, 0.29) is 16.6 Å². The summed E-state index contributed by atoms with van der Waals surface area (Å²) in [6, 6.07) is 8.89. The second-order valence-electron chi connectivity index (χ2n) is 7.05. The molecular formula is C21H16F4N5O2+. The first-order valence-electron chi connectivity index (χ1n) is 9.25. The van der Waals surface area contributed by atoms with Gasteiger partial charge in [-0.2, -0.15) is 13.2 Å². The van der Waals surface area contributed by atoms with E-state index < -0.39 is 34.3 Å². The molecule has 0 aliphatic rings. The van der Waals surface area contributed by atoms with Crippen molar-refractivity contribution in [1.82, 2.24) is 15.0 Å². The van der Waals surface area contributed by atoms with E-state index >= 15 is 0 Å². The second-order valence-corrected chi connectivity index (χ2v) is 7.05. The van der Waals surface area contributed by atoms with Gasteiger partial charge in [0.05, 0.1) is 11.9 Å². The van der Waals surface area contributed by atoms with Crippen molar-refractivity contribution in [2.45, 2.75) is 11.8 Å². The Balaban J connectivity index is 1.85. The van der Waals surface area contributed by atoms with Crippen LogP contribution >= 0.6 is 0 Å². The molecule has 0 aliphatic carbocycles. The Hall–Kier alpha value is -3.83. The van der Waals surface area contributed by atoms with Crippen LogP contribution in [0.5, 0.6) is 0 Å². The van der Waals surface area contributed by atoms with Crippen molar-refractivity contribution in [2.24, 2.45) is 0 Å². The van der Waals surface area contributed by atoms with E-state index in [4.69, 9.17) is 5.41 Å². The molecule has 4 rings (SSSR count). The molecule has 0 aliphatic heterocycles. The van der Waals surface area contributed by atoms with Gasteiger partial charge in [0.1, 0.15) is 28.2 Å². The molecule has 1 atom stereocenters. The topological polar surface area (TPSA) is 122 Å². The summed E-state index contributed by atoms with van der Waals surface area (Å²) in [5.41, 5.74) is -4.85. The van der Waals surface area contributed by atoms with Crippen LogP contribution in [0.3, 0.4) is 0 Å². The number of H-pyrrole nitrogens is 2. The highest BCUT2D eigenvalue weighted by molar-refractivity contribution is 5.84. The number of nitrogens with one attached hydrogen (secondary N) is 3. The standard InChI is InChI=1S/C21H15F4N5O2/c22-13-2-4-14(5-3-13)30-16-6-1-12(7-11(16)8-26)20(32,21(23,24)25)15-9-27-18-17(15)28-10-29-19(18)31/h1-10,26-27,30,32H,(H,28,29,31)/p+1. The van der Waals surface area contributed by atoms with Gasteiger partial charge in [0.2, 0.25) is 5.60 Å². The van der Waals surface area contributed by atoms with Crippen LogP contribution in [0.2, 0.25) is 0 Å². The lowest BCUT2D eigenvalue weighted by Crippen LogP contribution is -2.71. The molecule has 0 fully saturated rings. The molecule has 11 heteroatoms. The van der Waals surface area contributed by atoms with Crippen molar-refractivity contribution in [3.05, 3.63) is 87.9 Å². The number of aromatic amines is 2. The number of quaternary nitrogens is 1. The molecule has 0 radical (unpaired) electrons. The molecule has 2 aromatic heterocycles. The van der Waals surface area contributed by atoms with E-state index in [0.717, 1.165) is 30.9 Å². The summed E-state index contributed by atoms with van der Waals surface area (Å²) < 4.78 is 55.8. The maximum absolute atomic E-state index is 14.2. The number of halogens is 4. The predicted molar refractivity (Wildman–Crippen MR) is 108 cm³/mol. The summed E-state index contributed by atoms with van der Waals surface area (Å²) in [7, 11) is 0. The van der Waals surface area contributed by atoms with Gasteiger partial charge in [-0.05, 0) is 29.8 Å². The van der Waals surface area contributed by atoms with Crippen LogP contribution in [0, 0.1) is 11.2 Å². The molecule has 2 aromatic carbocycles. The van der Waals surface area contributed by atoms with Gasteiger partial charge >= 0.3 is 6.18 Å². The lowest BCUT2D eigenvalue weighted by Gasteiger charge is -2.31. The average Bonchev–Trinajstić information content (AvgIpc) is 3.20. The molecule has 4 aromatic rings. The molecule has 7 nitrogen and oxygen atoms in total. The van der Waals surface area contributed by atoms with Gasteiger partial charge < -0.3 is 20.5 Å². The first-order valence-corrected chi connectivity index (χ1v) is 9.25. The van der Waals surface area contributed by atoms with Crippen LogP contribution in [-0.4, -0.2) is 32.4 Å². The molecule has 0 saturated heterocycles. The number of rotatable bonds is 5. The van der Waals surface area contributed by atoms with Gasteiger partial charge in [0.15, 0.2) is 0 Å². The molecule has 0 amide bonds. The van der Waals surface area contributed by atoms with Crippen LogP contribution in [0.1, 0.15) is 16.7 Å². The highest BCUT2D eigenvalue weighted by atomic mass is 19.4. The van der Waals surface area contributed by atoms with E-state index in [9.17, 15) is 27.5 Å². The Morgan fingerprint density at radius 2 is 1.81 bits per heavy atom. The molecular weight excluding hydrogens is 430 g/mol. The summed E-state index contributed by atoms with van der Waals surface area (Å²) in [6.45, 7) is 0. The molecule has 1 unspecified atom stereocenters. The number of benzene rings is 2. The summed E-state index contributed by atoms with van der Waals surface area (Å²) in [6.07, 6.45) is -2.48. The van der Waals surface area contributed by atoms with Gasteiger partial charge in [-0.1, -0.05) is 0 Å². The van der Waals surface area contributed by atoms with Gasteiger partial charge in [-0.3, -0.25) is 10.1 Å². The smallest absolute Gasteiger partial charge is 0.372 e. The fraction of sp³-hybridized carbons (Fsp3) is 0.0952. The SMILES string of the molecule is N=Cc1cc(C(O)(c2c[nH]c3c(=O)[nH]cnc23)C(F)(F)F)ccc1[NH2+]c1ccc(F)cc1. The molecule has 0 spiro atoms. The first-order chi connectivity index (χ1) is 15.1. The number of aromatic nitrogens is 3. The average molecular weight is 446 g/mol. The fourth-order valence-corrected chi connectivity index (χ4v) is 3.49. The summed E-state index contributed by atoms with van der Waals surface area (Å²) >= 11 is 0. The van der Waals surface area contributed by atoms with Crippen LogP contribution in [-0.2, 0) is 5.60 Å². The van der Waals surface area contributed by atoms with Crippen molar-refractivity contribution in [1.29, 1.82) is 5.41 Å². The minimum Gasteiger partial charge on any atom is -0.372 e. The van der Waals surface area contributed by atoms with Crippen LogP contribution < -0.4 is 10.9 Å². The fourth-order valence-electron chi connectivity index (χ4n) is 3.49. The van der Waals surface area contributed by atoms with Gasteiger partial charge in [0.25, 0.3) is 5.56 Å². The van der Waals surface area contributed by atoms with Crippen molar-refractivity contribution >= 4 is 28.6 Å². The molecule has 32 heavy (non-hydrogen) atoms. The number of nitrogens with two attached hydrogens (primary N) is 1. The Morgan fingerprint density at radius 3 is 2.47 bits per heavy atom. The molecule has 0 bridgehead atoms. The minimum absolute atomic E-state index is 0.0974. The number of hydrogen-bond donors (Lipinski definition) is 5. The number of alkyl halides is 3. The largest absolute Gasteiger partial charge is 0.425 e. The van der Waals surface area contributed by atoms with Crippen molar-refractivity contribution < 1.29 is 28.0 Å². The zero-order chi connectivity index (χ0) is 23.1. The third-order valence-corrected chi connectivity index (χ3v) is 5.12. The predicted octanol–water partition coefficient (Wildman–Crippen LogP) is 2.71.